The highest BCUT2D eigenvalue weighted by Crippen LogP contribution is 2.16. The summed E-state index contributed by atoms with van der Waals surface area (Å²) in [4.78, 5) is 11.6. The van der Waals surface area contributed by atoms with Crippen LogP contribution in [0.5, 0.6) is 0 Å². The van der Waals surface area contributed by atoms with Gasteiger partial charge in [0.1, 0.15) is 0 Å². The van der Waals surface area contributed by atoms with Crippen LogP contribution < -0.4 is 10.5 Å². The lowest BCUT2D eigenvalue weighted by molar-refractivity contribution is 0.236. The van der Waals surface area contributed by atoms with E-state index in [-0.39, 0.29) is 11.8 Å². The lowest BCUT2D eigenvalue weighted by atomic mass is 10.3. The molecule has 0 aliphatic heterocycles. The summed E-state index contributed by atoms with van der Waals surface area (Å²) in [6.45, 7) is 1.56. The molecule has 0 fully saturated rings. The lowest BCUT2D eigenvalue weighted by Crippen LogP contribution is -2.21. The number of nitrogens with one attached hydrogen (secondary N) is 1. The molecule has 12 heteroatoms. The molecule has 0 amide bonds. The van der Waals surface area contributed by atoms with Crippen LogP contribution in [0.3, 0.4) is 0 Å². The van der Waals surface area contributed by atoms with Crippen molar-refractivity contribution in [3.8, 4) is 5.95 Å². The number of hydrogen-bond donors (Lipinski definition) is 2. The van der Waals surface area contributed by atoms with Gasteiger partial charge in [-0.25, -0.2) is 23.1 Å². The highest BCUT2D eigenvalue weighted by molar-refractivity contribution is 7.92. The quantitative estimate of drug-likeness (QED) is 0.796. The fourth-order valence-electron chi connectivity index (χ4n) is 1.38. The molecular weight excluding hydrogens is 308 g/mol. The Morgan fingerprint density at radius 2 is 1.95 bits per heavy atom. The van der Waals surface area contributed by atoms with Gasteiger partial charge in [0.15, 0.2) is 5.82 Å². The Hall–Kier alpha value is -2.21. The minimum atomic E-state index is -4.87. The average molecular weight is 319 g/mol. The van der Waals surface area contributed by atoms with Crippen LogP contribution in [0.1, 0.15) is 18.8 Å². The van der Waals surface area contributed by atoms with E-state index in [1.54, 1.807) is 17.7 Å². The first-order valence-electron chi connectivity index (χ1n) is 5.61. The molecule has 2 rings (SSSR count). The third-order valence-corrected chi connectivity index (χ3v) is 3.19. The van der Waals surface area contributed by atoms with E-state index in [9.17, 15) is 17.2 Å². The predicted molar refractivity (Wildman–Crippen MR) is 68.1 cm³/mol. The van der Waals surface area contributed by atoms with E-state index in [4.69, 9.17) is 5.73 Å². The average Bonchev–Trinajstić information content (AvgIpc) is 2.83. The van der Waals surface area contributed by atoms with Crippen molar-refractivity contribution in [3.63, 3.8) is 0 Å². The van der Waals surface area contributed by atoms with Gasteiger partial charge in [0.05, 0.1) is 6.04 Å². The minimum Gasteiger partial charge on any atom is -0.322 e. The van der Waals surface area contributed by atoms with Crippen LogP contribution in [0, 0.1) is 0 Å². The van der Waals surface area contributed by atoms with Crippen LogP contribution in [0.15, 0.2) is 18.5 Å². The molecule has 0 saturated carbocycles. The van der Waals surface area contributed by atoms with E-state index in [2.05, 4.69) is 20.1 Å². The van der Waals surface area contributed by atoms with Crippen molar-refractivity contribution in [2.24, 2.45) is 5.73 Å². The van der Waals surface area contributed by atoms with Gasteiger partial charge < -0.3 is 5.73 Å². The molecular formula is C9H11F2N7O2S. The van der Waals surface area contributed by atoms with Gasteiger partial charge in [-0.3, -0.25) is 0 Å². The van der Waals surface area contributed by atoms with Gasteiger partial charge in [-0.2, -0.15) is 18.4 Å². The Bertz CT molecular complexity index is 717. The molecule has 0 aliphatic carbocycles. The predicted octanol–water partition coefficient (Wildman–Crippen LogP) is 0.0413. The first kappa shape index (κ1) is 15.2. The summed E-state index contributed by atoms with van der Waals surface area (Å²) in [7, 11) is -4.87. The smallest absolute Gasteiger partial charge is 0.322 e. The largest absolute Gasteiger partial charge is 0.355 e. The number of rotatable bonds is 5. The van der Waals surface area contributed by atoms with Crippen molar-refractivity contribution in [1.29, 1.82) is 0 Å². The van der Waals surface area contributed by atoms with Crippen LogP contribution in [-0.2, 0) is 10.0 Å². The second-order valence-corrected chi connectivity index (χ2v) is 5.60. The molecule has 2 heterocycles. The molecule has 1 unspecified atom stereocenters. The Labute approximate surface area is 118 Å². The molecule has 0 spiro atoms. The molecule has 9 nitrogen and oxygen atoms in total. The summed E-state index contributed by atoms with van der Waals surface area (Å²) < 4.78 is 49.5. The van der Waals surface area contributed by atoms with Gasteiger partial charge in [0.25, 0.3) is 21.9 Å². The SMILES string of the molecule is CC(N)c1nc(NS(=O)(=O)C(F)F)nn1-c1ncccn1. The maximum atomic E-state index is 12.3. The molecule has 0 bridgehead atoms. The Kier molecular flexibility index (Phi) is 4.09. The zero-order valence-corrected chi connectivity index (χ0v) is 11.5. The molecule has 2 aromatic heterocycles. The fraction of sp³-hybridized carbons (Fsp3) is 0.333. The topological polar surface area (TPSA) is 129 Å². The molecule has 0 aliphatic rings. The normalized spacial score (nSPS) is 13.4. The number of halogens is 2. The summed E-state index contributed by atoms with van der Waals surface area (Å²) in [5.41, 5.74) is 5.68. The Balaban J connectivity index is 2.44. The first-order valence-corrected chi connectivity index (χ1v) is 7.15. The van der Waals surface area contributed by atoms with Crippen molar-refractivity contribution < 1.29 is 17.2 Å². The van der Waals surface area contributed by atoms with Crippen molar-refractivity contribution in [3.05, 3.63) is 24.3 Å². The number of aromatic nitrogens is 5. The van der Waals surface area contributed by atoms with Crippen LogP contribution in [0.25, 0.3) is 5.95 Å². The minimum absolute atomic E-state index is 0.0831. The van der Waals surface area contributed by atoms with Gasteiger partial charge in [0.2, 0.25) is 0 Å². The van der Waals surface area contributed by atoms with E-state index in [1.807, 2.05) is 0 Å². The summed E-state index contributed by atoms with van der Waals surface area (Å²) in [6.07, 6.45) is 2.86. The van der Waals surface area contributed by atoms with E-state index in [0.717, 1.165) is 4.68 Å². The third-order valence-electron chi connectivity index (χ3n) is 2.25. The first-order chi connectivity index (χ1) is 9.81. The van der Waals surface area contributed by atoms with Crippen molar-refractivity contribution in [2.75, 3.05) is 4.72 Å². The maximum Gasteiger partial charge on any atom is 0.355 e. The number of hydrogen-bond acceptors (Lipinski definition) is 7. The van der Waals surface area contributed by atoms with Crippen LogP contribution in [0.2, 0.25) is 0 Å². The summed E-state index contributed by atoms with van der Waals surface area (Å²) in [5, 5.41) is 3.75. The fourth-order valence-corrected chi connectivity index (χ4v) is 1.81. The van der Waals surface area contributed by atoms with E-state index >= 15 is 0 Å². The van der Waals surface area contributed by atoms with Crippen LogP contribution in [0.4, 0.5) is 14.7 Å². The van der Waals surface area contributed by atoms with Crippen molar-refractivity contribution in [1.82, 2.24) is 24.7 Å². The Morgan fingerprint density at radius 1 is 1.33 bits per heavy atom. The van der Waals surface area contributed by atoms with Gasteiger partial charge in [-0.1, -0.05) is 0 Å². The second-order valence-electron chi connectivity index (χ2n) is 3.95. The second kappa shape index (κ2) is 5.65. The van der Waals surface area contributed by atoms with Crippen LogP contribution in [-0.4, -0.2) is 38.9 Å². The number of alkyl halides is 2. The molecule has 21 heavy (non-hydrogen) atoms. The third kappa shape index (κ3) is 3.28. The highest BCUT2D eigenvalue weighted by atomic mass is 32.2. The zero-order valence-electron chi connectivity index (χ0n) is 10.7. The highest BCUT2D eigenvalue weighted by Gasteiger charge is 2.27. The molecule has 2 aromatic rings. The number of anilines is 1. The molecule has 0 radical (unpaired) electrons. The van der Waals surface area contributed by atoms with Gasteiger partial charge in [-0.15, -0.1) is 5.10 Å². The molecule has 0 saturated heterocycles. The van der Waals surface area contributed by atoms with Gasteiger partial charge >= 0.3 is 5.76 Å². The maximum absolute atomic E-state index is 12.3. The number of nitrogens with two attached hydrogens (primary N) is 1. The molecule has 3 N–H and O–H groups in total. The number of nitrogens with zero attached hydrogens (tertiary/aromatic N) is 5. The summed E-state index contributed by atoms with van der Waals surface area (Å²) >= 11 is 0. The van der Waals surface area contributed by atoms with E-state index in [1.165, 1.54) is 12.4 Å². The lowest BCUT2D eigenvalue weighted by Gasteiger charge is -2.05. The van der Waals surface area contributed by atoms with E-state index < -0.39 is 27.8 Å². The summed E-state index contributed by atoms with van der Waals surface area (Å²) in [5.74, 6) is -3.93. The molecule has 1 atom stereocenters. The van der Waals surface area contributed by atoms with E-state index in [0.29, 0.717) is 0 Å². The summed E-state index contributed by atoms with van der Waals surface area (Å²) in [6, 6.07) is 0.915. The standard InChI is InChI=1S/C9H11F2N7O2S/c1-5(12)6-15-8(17-21(19,20)7(10)11)16-18(6)9-13-3-2-4-14-9/h2-5,7H,12H2,1H3,(H,16,17). The van der Waals surface area contributed by atoms with Gasteiger partial charge in [-0.05, 0) is 13.0 Å². The number of sulfonamides is 1. The van der Waals surface area contributed by atoms with Crippen LogP contribution >= 0.6 is 0 Å². The van der Waals surface area contributed by atoms with Crippen molar-refractivity contribution in [2.45, 2.75) is 18.7 Å². The molecule has 0 aromatic carbocycles. The van der Waals surface area contributed by atoms with Gasteiger partial charge in [0, 0.05) is 12.4 Å². The molecule has 114 valence electrons. The monoisotopic (exact) mass is 319 g/mol. The Morgan fingerprint density at radius 3 is 2.48 bits per heavy atom. The van der Waals surface area contributed by atoms with Crippen molar-refractivity contribution >= 4 is 16.0 Å². The zero-order chi connectivity index (χ0) is 15.6.